The van der Waals surface area contributed by atoms with Gasteiger partial charge >= 0.3 is 0 Å². The summed E-state index contributed by atoms with van der Waals surface area (Å²) in [6.45, 7) is 6.07. The number of anilines is 2. The minimum atomic E-state index is -0.313. The summed E-state index contributed by atoms with van der Waals surface area (Å²) < 4.78 is 0. The predicted octanol–water partition coefficient (Wildman–Crippen LogP) is 3.59. The van der Waals surface area contributed by atoms with Gasteiger partial charge in [0, 0.05) is 16.2 Å². The molecule has 0 radical (unpaired) electrons. The van der Waals surface area contributed by atoms with Gasteiger partial charge in [-0.2, -0.15) is 0 Å². The van der Waals surface area contributed by atoms with Gasteiger partial charge in [0.05, 0.1) is 0 Å². The molecule has 6 heteroatoms. The van der Waals surface area contributed by atoms with E-state index < -0.39 is 0 Å². The van der Waals surface area contributed by atoms with E-state index >= 15 is 0 Å². The molecule has 1 aromatic carbocycles. The molecular weight excluding hydrogens is 288 g/mol. The first kappa shape index (κ1) is 15.3. The minimum Gasteiger partial charge on any atom is -0.364 e. The number of amides is 1. The summed E-state index contributed by atoms with van der Waals surface area (Å²) in [5, 5.41) is 14.5. The van der Waals surface area contributed by atoms with Gasteiger partial charge < -0.3 is 10.6 Å². The lowest BCUT2D eigenvalue weighted by atomic mass is 10.1. The van der Waals surface area contributed by atoms with Crippen LogP contribution in [0.4, 0.5) is 11.5 Å². The van der Waals surface area contributed by atoms with Gasteiger partial charge in [-0.1, -0.05) is 11.6 Å². The fourth-order valence-corrected chi connectivity index (χ4v) is 1.76. The minimum absolute atomic E-state index is 0.109. The average molecular weight is 305 g/mol. The molecule has 2 rings (SSSR count). The summed E-state index contributed by atoms with van der Waals surface area (Å²) >= 11 is 5.79. The van der Waals surface area contributed by atoms with Crippen LogP contribution < -0.4 is 10.6 Å². The lowest BCUT2D eigenvalue weighted by molar-refractivity contribution is 0.102. The third kappa shape index (κ3) is 4.72. The molecule has 2 N–H and O–H groups in total. The maximum atomic E-state index is 12.0. The first-order valence-corrected chi connectivity index (χ1v) is 6.90. The number of hydrogen-bond acceptors (Lipinski definition) is 4. The van der Waals surface area contributed by atoms with Gasteiger partial charge in [-0.25, -0.2) is 0 Å². The highest BCUT2D eigenvalue weighted by molar-refractivity contribution is 6.30. The normalized spacial score (nSPS) is 11.0. The van der Waals surface area contributed by atoms with Crippen molar-refractivity contribution in [3.63, 3.8) is 0 Å². The SMILES string of the molecule is CC(C)(C)Nc1ccc(C(=O)Nc2ccc(Cl)cc2)nn1. The van der Waals surface area contributed by atoms with Crippen molar-refractivity contribution in [3.8, 4) is 0 Å². The van der Waals surface area contributed by atoms with Gasteiger partial charge in [-0.3, -0.25) is 4.79 Å². The Morgan fingerprint density at radius 2 is 1.71 bits per heavy atom. The Balaban J connectivity index is 2.04. The van der Waals surface area contributed by atoms with E-state index in [9.17, 15) is 4.79 Å². The zero-order chi connectivity index (χ0) is 15.5. The van der Waals surface area contributed by atoms with Gasteiger partial charge in [0.1, 0.15) is 5.82 Å². The topological polar surface area (TPSA) is 66.9 Å². The molecule has 0 atom stereocenters. The third-order valence-electron chi connectivity index (χ3n) is 2.50. The molecule has 21 heavy (non-hydrogen) atoms. The number of carbonyl (C=O) groups excluding carboxylic acids is 1. The Hall–Kier alpha value is -2.14. The zero-order valence-electron chi connectivity index (χ0n) is 12.1. The van der Waals surface area contributed by atoms with E-state index in [1.165, 1.54) is 0 Å². The van der Waals surface area contributed by atoms with E-state index in [4.69, 9.17) is 11.6 Å². The van der Waals surface area contributed by atoms with Crippen molar-refractivity contribution in [2.75, 3.05) is 10.6 Å². The average Bonchev–Trinajstić information content (AvgIpc) is 2.40. The van der Waals surface area contributed by atoms with Crippen LogP contribution in [0, 0.1) is 0 Å². The standard InChI is InChI=1S/C15H17ClN4O/c1-15(2,3)18-13-9-8-12(19-20-13)14(21)17-11-6-4-10(16)5-7-11/h4-9H,1-3H3,(H,17,21)(H,18,20). The van der Waals surface area contributed by atoms with Crippen LogP contribution in [-0.2, 0) is 0 Å². The van der Waals surface area contributed by atoms with Gasteiger partial charge in [-0.15, -0.1) is 10.2 Å². The number of hydrogen-bond donors (Lipinski definition) is 2. The second-order valence-electron chi connectivity index (χ2n) is 5.64. The number of carbonyl (C=O) groups is 1. The van der Waals surface area contributed by atoms with E-state index in [0.717, 1.165) is 0 Å². The predicted molar refractivity (Wildman–Crippen MR) is 84.8 cm³/mol. The van der Waals surface area contributed by atoms with Crippen molar-refractivity contribution in [2.45, 2.75) is 26.3 Å². The quantitative estimate of drug-likeness (QED) is 0.909. The lowest BCUT2D eigenvalue weighted by Crippen LogP contribution is -2.27. The fraction of sp³-hybridized carbons (Fsp3) is 0.267. The Bertz CT molecular complexity index is 618. The Labute approximate surface area is 128 Å². The smallest absolute Gasteiger partial charge is 0.276 e. The molecule has 0 aliphatic heterocycles. The highest BCUT2D eigenvalue weighted by atomic mass is 35.5. The lowest BCUT2D eigenvalue weighted by Gasteiger charge is -2.20. The van der Waals surface area contributed by atoms with Gasteiger partial charge in [-0.05, 0) is 57.2 Å². The summed E-state index contributed by atoms with van der Waals surface area (Å²) in [5.41, 5.74) is 0.800. The third-order valence-corrected chi connectivity index (χ3v) is 2.75. The summed E-state index contributed by atoms with van der Waals surface area (Å²) in [6.07, 6.45) is 0. The monoisotopic (exact) mass is 304 g/mol. The van der Waals surface area contributed by atoms with E-state index in [-0.39, 0.29) is 17.1 Å². The number of benzene rings is 1. The van der Waals surface area contributed by atoms with Gasteiger partial charge in [0.25, 0.3) is 5.91 Å². The Morgan fingerprint density at radius 1 is 1.05 bits per heavy atom. The molecular formula is C15H17ClN4O. The van der Waals surface area contributed by atoms with Crippen LogP contribution in [0.25, 0.3) is 0 Å². The molecule has 0 aliphatic carbocycles. The van der Waals surface area contributed by atoms with Crippen LogP contribution in [0.15, 0.2) is 36.4 Å². The molecule has 110 valence electrons. The molecule has 1 heterocycles. The van der Waals surface area contributed by atoms with Crippen molar-refractivity contribution in [1.29, 1.82) is 0 Å². The molecule has 2 aromatic rings. The summed E-state index contributed by atoms with van der Waals surface area (Å²) in [6, 6.07) is 10.2. The highest BCUT2D eigenvalue weighted by Crippen LogP contribution is 2.15. The molecule has 1 aromatic heterocycles. The van der Waals surface area contributed by atoms with Crippen LogP contribution in [0.1, 0.15) is 31.3 Å². The summed E-state index contributed by atoms with van der Waals surface area (Å²) in [5.74, 6) is 0.317. The van der Waals surface area contributed by atoms with Crippen molar-refractivity contribution >= 4 is 29.0 Å². The molecule has 0 aliphatic rings. The molecule has 1 amide bonds. The molecule has 0 unspecified atom stereocenters. The number of aromatic nitrogens is 2. The second kappa shape index (κ2) is 6.10. The fourth-order valence-electron chi connectivity index (χ4n) is 1.63. The van der Waals surface area contributed by atoms with Crippen molar-refractivity contribution in [1.82, 2.24) is 10.2 Å². The first-order valence-electron chi connectivity index (χ1n) is 6.52. The number of rotatable bonds is 3. The Morgan fingerprint density at radius 3 is 2.24 bits per heavy atom. The van der Waals surface area contributed by atoms with Crippen LogP contribution in [0.5, 0.6) is 0 Å². The van der Waals surface area contributed by atoms with E-state index in [1.807, 2.05) is 20.8 Å². The molecule has 0 fully saturated rings. The van der Waals surface area contributed by atoms with Crippen LogP contribution in [0.3, 0.4) is 0 Å². The maximum absolute atomic E-state index is 12.0. The van der Waals surface area contributed by atoms with E-state index in [0.29, 0.717) is 16.5 Å². The number of nitrogens with one attached hydrogen (secondary N) is 2. The highest BCUT2D eigenvalue weighted by Gasteiger charge is 2.12. The van der Waals surface area contributed by atoms with Crippen LogP contribution in [0.2, 0.25) is 5.02 Å². The molecule has 0 saturated heterocycles. The summed E-state index contributed by atoms with van der Waals surface area (Å²) in [7, 11) is 0. The maximum Gasteiger partial charge on any atom is 0.276 e. The summed E-state index contributed by atoms with van der Waals surface area (Å²) in [4.78, 5) is 12.0. The molecule has 0 spiro atoms. The van der Waals surface area contributed by atoms with E-state index in [1.54, 1.807) is 36.4 Å². The number of nitrogens with zero attached hydrogens (tertiary/aromatic N) is 2. The van der Waals surface area contributed by atoms with Crippen molar-refractivity contribution in [2.24, 2.45) is 0 Å². The van der Waals surface area contributed by atoms with Crippen LogP contribution >= 0.6 is 11.6 Å². The van der Waals surface area contributed by atoms with Gasteiger partial charge in [0.2, 0.25) is 0 Å². The second-order valence-corrected chi connectivity index (χ2v) is 6.08. The zero-order valence-corrected chi connectivity index (χ0v) is 12.9. The largest absolute Gasteiger partial charge is 0.364 e. The molecule has 0 bridgehead atoms. The first-order chi connectivity index (χ1) is 9.83. The van der Waals surface area contributed by atoms with E-state index in [2.05, 4.69) is 20.8 Å². The number of halogens is 1. The van der Waals surface area contributed by atoms with Crippen molar-refractivity contribution < 1.29 is 4.79 Å². The van der Waals surface area contributed by atoms with Gasteiger partial charge in [0.15, 0.2) is 5.69 Å². The Kier molecular flexibility index (Phi) is 4.43. The molecule has 0 saturated carbocycles. The molecule has 5 nitrogen and oxygen atoms in total. The van der Waals surface area contributed by atoms with Crippen LogP contribution in [-0.4, -0.2) is 21.6 Å². The van der Waals surface area contributed by atoms with Crippen molar-refractivity contribution in [3.05, 3.63) is 47.1 Å².